The van der Waals surface area contributed by atoms with E-state index in [9.17, 15) is 9.59 Å². The lowest BCUT2D eigenvalue weighted by molar-refractivity contribution is 0.0730. The number of hydrogen-bond donors (Lipinski definition) is 1. The van der Waals surface area contributed by atoms with Gasteiger partial charge in [0.15, 0.2) is 5.65 Å². The van der Waals surface area contributed by atoms with E-state index in [4.69, 9.17) is 33.7 Å². The van der Waals surface area contributed by atoms with Gasteiger partial charge in [0.2, 0.25) is 0 Å². The number of nitrogens with zero attached hydrogens (tertiary/aromatic N) is 4. The first-order chi connectivity index (χ1) is 15.9. The van der Waals surface area contributed by atoms with Crippen molar-refractivity contribution >= 4 is 40.4 Å². The molecule has 168 valence electrons. The number of rotatable bonds is 3. The molecule has 10 heteroatoms. The molecule has 4 aromatic rings. The molecule has 3 heterocycles. The summed E-state index contributed by atoms with van der Waals surface area (Å²) in [4.78, 5) is 28.3. The minimum atomic E-state index is -0.202. The number of nitrogen functional groups attached to an aromatic ring is 1. The Bertz CT molecular complexity index is 1460. The Morgan fingerprint density at radius 1 is 1.12 bits per heavy atom. The summed E-state index contributed by atoms with van der Waals surface area (Å²) in [6.45, 7) is 0.594. The van der Waals surface area contributed by atoms with Crippen molar-refractivity contribution in [2.24, 2.45) is 0 Å². The average molecular weight is 484 g/mol. The van der Waals surface area contributed by atoms with Crippen LogP contribution in [0, 0.1) is 0 Å². The molecule has 33 heavy (non-hydrogen) atoms. The van der Waals surface area contributed by atoms with Crippen LogP contribution in [0.3, 0.4) is 0 Å². The first-order valence-electron chi connectivity index (χ1n) is 10.2. The van der Waals surface area contributed by atoms with Gasteiger partial charge in [-0.3, -0.25) is 14.2 Å². The highest BCUT2D eigenvalue weighted by atomic mass is 35.5. The van der Waals surface area contributed by atoms with Crippen LogP contribution in [0.4, 0.5) is 5.69 Å². The molecule has 0 saturated carbocycles. The molecular formula is C23H19Cl2N5O3. The van der Waals surface area contributed by atoms with Crippen LogP contribution in [0.25, 0.3) is 11.3 Å². The van der Waals surface area contributed by atoms with Gasteiger partial charge in [-0.1, -0.05) is 23.2 Å². The van der Waals surface area contributed by atoms with Crippen molar-refractivity contribution in [2.75, 3.05) is 19.4 Å². The monoisotopic (exact) mass is 483 g/mol. The summed E-state index contributed by atoms with van der Waals surface area (Å²) in [6.07, 6.45) is 1.89. The van der Waals surface area contributed by atoms with Crippen LogP contribution in [0.5, 0.6) is 5.75 Å². The Kier molecular flexibility index (Phi) is 5.26. The van der Waals surface area contributed by atoms with Crippen LogP contribution in [-0.4, -0.2) is 38.6 Å². The molecule has 2 aromatic carbocycles. The summed E-state index contributed by atoms with van der Waals surface area (Å²) < 4.78 is 8.42. The predicted molar refractivity (Wildman–Crippen MR) is 127 cm³/mol. The number of nitrogens with two attached hydrogens (primary N) is 1. The molecule has 0 aliphatic carbocycles. The van der Waals surface area contributed by atoms with E-state index in [2.05, 4.69) is 5.10 Å². The van der Waals surface area contributed by atoms with E-state index in [0.29, 0.717) is 62.6 Å². The van der Waals surface area contributed by atoms with Crippen molar-refractivity contribution in [3.63, 3.8) is 0 Å². The number of ether oxygens (including phenoxy) is 1. The number of aromatic nitrogens is 3. The van der Waals surface area contributed by atoms with Gasteiger partial charge in [-0.2, -0.15) is 5.10 Å². The molecule has 2 aromatic heterocycles. The minimum absolute atomic E-state index is 0.184. The number of benzene rings is 2. The number of halogens is 2. The van der Waals surface area contributed by atoms with Gasteiger partial charge < -0.3 is 15.4 Å². The molecule has 2 N–H and O–H groups in total. The quantitative estimate of drug-likeness (QED) is 0.480. The van der Waals surface area contributed by atoms with Gasteiger partial charge in [0, 0.05) is 17.7 Å². The second-order valence-corrected chi connectivity index (χ2v) is 8.52. The number of amides is 1. The van der Waals surface area contributed by atoms with E-state index in [1.54, 1.807) is 63.6 Å². The number of methoxy groups -OCH3 is 1. The topological polar surface area (TPSA) is 94.9 Å². The zero-order valence-electron chi connectivity index (χ0n) is 17.6. The Labute approximate surface area is 198 Å². The van der Waals surface area contributed by atoms with Crippen LogP contribution < -0.4 is 16.0 Å². The Morgan fingerprint density at radius 3 is 2.58 bits per heavy atom. The number of carbonyl (C=O) groups excluding carboxylic acids is 1. The first-order valence-corrected chi connectivity index (χ1v) is 10.9. The molecule has 0 fully saturated rings. The smallest absolute Gasteiger partial charge is 0.261 e. The third-order valence-electron chi connectivity index (χ3n) is 5.80. The maximum atomic E-state index is 13.6. The van der Waals surface area contributed by atoms with Crippen LogP contribution in [0.1, 0.15) is 21.6 Å². The van der Waals surface area contributed by atoms with Crippen molar-refractivity contribution in [1.82, 2.24) is 19.1 Å². The predicted octanol–water partition coefficient (Wildman–Crippen LogP) is 3.58. The standard InChI is InChI=1S/C23H19Cl2N5O3/c1-33-15-5-3-14(4-6-15)29-21-19(26)11-27-30(21)20-12-28(9-8-16(20)23(29)32)22(31)13-2-7-17(24)18(25)10-13/h2-7,10-11H,8-9,12,26H2,1H3. The second kappa shape index (κ2) is 8.13. The molecular weight excluding hydrogens is 465 g/mol. The zero-order valence-corrected chi connectivity index (χ0v) is 19.1. The average Bonchev–Trinajstić information content (AvgIpc) is 3.22. The summed E-state index contributed by atoms with van der Waals surface area (Å²) in [7, 11) is 1.58. The van der Waals surface area contributed by atoms with Crippen molar-refractivity contribution < 1.29 is 9.53 Å². The minimum Gasteiger partial charge on any atom is -0.497 e. The number of carbonyl (C=O) groups is 1. The molecule has 0 atom stereocenters. The van der Waals surface area contributed by atoms with Crippen LogP contribution in [0.2, 0.25) is 10.0 Å². The fourth-order valence-electron chi connectivity index (χ4n) is 4.13. The fraction of sp³-hybridized carbons (Fsp3) is 0.174. The van der Waals surface area contributed by atoms with Crippen molar-refractivity contribution in [1.29, 1.82) is 0 Å². The lowest BCUT2D eigenvalue weighted by atomic mass is 10.0. The van der Waals surface area contributed by atoms with Crippen molar-refractivity contribution in [3.05, 3.63) is 85.9 Å². The Balaban J connectivity index is 1.60. The molecule has 0 unspecified atom stereocenters. The van der Waals surface area contributed by atoms with E-state index in [1.807, 2.05) is 0 Å². The van der Waals surface area contributed by atoms with Gasteiger partial charge in [0.1, 0.15) is 5.75 Å². The van der Waals surface area contributed by atoms with Crippen molar-refractivity contribution in [3.8, 4) is 11.4 Å². The fourth-order valence-corrected chi connectivity index (χ4v) is 4.43. The largest absolute Gasteiger partial charge is 0.497 e. The van der Waals surface area contributed by atoms with Gasteiger partial charge in [-0.25, -0.2) is 4.52 Å². The van der Waals surface area contributed by atoms with Gasteiger partial charge in [-0.15, -0.1) is 0 Å². The first kappa shape index (κ1) is 21.4. The highest BCUT2D eigenvalue weighted by Gasteiger charge is 2.29. The van der Waals surface area contributed by atoms with Crippen LogP contribution in [0.15, 0.2) is 53.5 Å². The highest BCUT2D eigenvalue weighted by Crippen LogP contribution is 2.27. The summed E-state index contributed by atoms with van der Waals surface area (Å²) in [6, 6.07) is 11.9. The normalized spacial score (nSPS) is 13.2. The molecule has 1 aliphatic heterocycles. The summed E-state index contributed by atoms with van der Waals surface area (Å²) in [5.41, 5.74) is 9.15. The van der Waals surface area contributed by atoms with Crippen molar-refractivity contribution in [2.45, 2.75) is 13.0 Å². The third kappa shape index (κ3) is 3.51. The maximum absolute atomic E-state index is 13.6. The third-order valence-corrected chi connectivity index (χ3v) is 6.54. The number of anilines is 1. The molecule has 1 aliphatic rings. The highest BCUT2D eigenvalue weighted by molar-refractivity contribution is 6.42. The number of fused-ring (bicyclic) bond motifs is 3. The van der Waals surface area contributed by atoms with E-state index in [1.165, 1.54) is 6.20 Å². The van der Waals surface area contributed by atoms with E-state index >= 15 is 0 Å². The maximum Gasteiger partial charge on any atom is 0.261 e. The second-order valence-electron chi connectivity index (χ2n) is 7.70. The van der Waals surface area contributed by atoms with Gasteiger partial charge >= 0.3 is 0 Å². The summed E-state index contributed by atoms with van der Waals surface area (Å²) in [5.74, 6) is 0.477. The van der Waals surface area contributed by atoms with E-state index < -0.39 is 0 Å². The van der Waals surface area contributed by atoms with Gasteiger partial charge in [-0.05, 0) is 48.9 Å². The molecule has 5 rings (SSSR count). The molecule has 0 radical (unpaired) electrons. The SMILES string of the molecule is COc1ccc(-n2c(=O)c3c(n4ncc(N)c24)CN(C(=O)c2ccc(Cl)c(Cl)c2)CC3)cc1. The molecule has 8 nitrogen and oxygen atoms in total. The Hall–Kier alpha value is -3.49. The molecule has 0 bridgehead atoms. The van der Waals surface area contributed by atoms with E-state index in [-0.39, 0.29) is 18.0 Å². The van der Waals surface area contributed by atoms with Gasteiger partial charge in [0.05, 0.1) is 47.0 Å². The number of hydrogen-bond acceptors (Lipinski definition) is 5. The molecule has 0 saturated heterocycles. The molecule has 1 amide bonds. The lowest BCUT2D eigenvalue weighted by Crippen LogP contribution is -2.41. The van der Waals surface area contributed by atoms with E-state index in [0.717, 1.165) is 0 Å². The Morgan fingerprint density at radius 2 is 1.88 bits per heavy atom. The summed E-state index contributed by atoms with van der Waals surface area (Å²) in [5, 5.41) is 5.10. The molecule has 0 spiro atoms. The van der Waals surface area contributed by atoms with Crippen LogP contribution in [-0.2, 0) is 13.0 Å². The summed E-state index contributed by atoms with van der Waals surface area (Å²) >= 11 is 12.1. The zero-order chi connectivity index (χ0) is 23.3. The lowest BCUT2D eigenvalue weighted by Gasteiger charge is -2.29. The van der Waals surface area contributed by atoms with Gasteiger partial charge in [0.25, 0.3) is 11.5 Å². The van der Waals surface area contributed by atoms with Crippen LogP contribution >= 0.6 is 23.2 Å².